The minimum Gasteiger partial charge on any atom is -0.478 e. The van der Waals surface area contributed by atoms with Gasteiger partial charge in [-0.25, -0.2) is 9.59 Å². The van der Waals surface area contributed by atoms with Gasteiger partial charge in [-0.3, -0.25) is 9.59 Å². The van der Waals surface area contributed by atoms with Gasteiger partial charge in [0.15, 0.2) is 12.6 Å². The van der Waals surface area contributed by atoms with E-state index >= 15 is 0 Å². The number of fused-ring (bicyclic) bond motifs is 2. The van der Waals surface area contributed by atoms with Gasteiger partial charge in [0, 0.05) is 22.9 Å². The first-order chi connectivity index (χ1) is 19.9. The van der Waals surface area contributed by atoms with Crippen LogP contribution < -0.4 is 11.1 Å². The summed E-state index contributed by atoms with van der Waals surface area (Å²) in [6, 6.07) is 16.5. The van der Waals surface area contributed by atoms with E-state index in [0.29, 0.717) is 54.8 Å². The summed E-state index contributed by atoms with van der Waals surface area (Å²) in [6.45, 7) is 2.60. The number of pyridine rings is 2. The summed E-state index contributed by atoms with van der Waals surface area (Å²) >= 11 is 0. The topological polar surface area (TPSA) is 145 Å². The fraction of sp³-hybridized carbons (Fsp3) is 0.310. The molecule has 2 aromatic heterocycles. The van der Waals surface area contributed by atoms with E-state index in [1.54, 1.807) is 41.0 Å². The summed E-state index contributed by atoms with van der Waals surface area (Å²) in [5, 5.41) is 10.4. The zero-order valence-electron chi connectivity index (χ0n) is 22.2. The lowest BCUT2D eigenvalue weighted by atomic mass is 10.1. The monoisotopic (exact) mass is 564 g/mol. The molecule has 1 N–H and O–H groups in total. The van der Waals surface area contributed by atoms with Crippen LogP contribution in [0.5, 0.6) is 0 Å². The molecule has 0 amide bonds. The van der Waals surface area contributed by atoms with Crippen molar-refractivity contribution in [2.75, 3.05) is 33.5 Å². The Bertz CT molecular complexity index is 1700. The third-order valence-corrected chi connectivity index (χ3v) is 6.72. The molecule has 2 fully saturated rings. The van der Waals surface area contributed by atoms with E-state index in [1.165, 1.54) is 17.7 Å². The molecule has 0 bridgehead atoms. The van der Waals surface area contributed by atoms with Crippen LogP contribution in [-0.4, -0.2) is 72.3 Å². The van der Waals surface area contributed by atoms with Crippen molar-refractivity contribution in [3.05, 3.63) is 92.5 Å². The molecule has 0 radical (unpaired) electrons. The lowest BCUT2D eigenvalue weighted by Crippen LogP contribution is -2.28. The Morgan fingerprint density at radius 2 is 1.17 bits per heavy atom. The van der Waals surface area contributed by atoms with Crippen LogP contribution in [0.1, 0.15) is 20.7 Å². The standard InChI is InChI=1S/C15H15NO5.C14H13NO5/c1-19-15(18)11-8-13(17)16(9-14-20-6-7-21-14)12-5-3-2-4-10(11)12;16-12-7-10(14(17)18)9-3-1-2-4-11(9)15(12)8-13-19-5-6-20-13/h2-5,8,14H,6-7,9H2,1H3;1-4,7,13H,5-6,8H2,(H,17,18). The summed E-state index contributed by atoms with van der Waals surface area (Å²) in [7, 11) is 1.29. The summed E-state index contributed by atoms with van der Waals surface area (Å²) < 4.78 is 29.2. The van der Waals surface area contributed by atoms with E-state index in [0.717, 1.165) is 6.07 Å². The second-order valence-corrected chi connectivity index (χ2v) is 9.19. The molecule has 4 heterocycles. The average molecular weight is 565 g/mol. The number of ether oxygens (including phenoxy) is 5. The Kier molecular flexibility index (Phi) is 8.55. The molecule has 0 unspecified atom stereocenters. The molecular weight excluding hydrogens is 536 g/mol. The van der Waals surface area contributed by atoms with Crippen LogP contribution in [0.2, 0.25) is 0 Å². The number of aromatic nitrogens is 2. The minimum absolute atomic E-state index is 0.00936. The highest BCUT2D eigenvalue weighted by Crippen LogP contribution is 2.20. The van der Waals surface area contributed by atoms with Crippen LogP contribution in [-0.2, 0) is 36.8 Å². The molecule has 12 nitrogen and oxygen atoms in total. The van der Waals surface area contributed by atoms with Crippen LogP contribution in [0.4, 0.5) is 0 Å². The number of methoxy groups -OCH3 is 1. The average Bonchev–Trinajstić information content (AvgIpc) is 3.70. The van der Waals surface area contributed by atoms with E-state index in [-0.39, 0.29) is 28.8 Å². The van der Waals surface area contributed by atoms with Gasteiger partial charge in [-0.2, -0.15) is 0 Å². The van der Waals surface area contributed by atoms with Crippen molar-refractivity contribution in [3.63, 3.8) is 0 Å². The van der Waals surface area contributed by atoms with Gasteiger partial charge in [-0.15, -0.1) is 0 Å². The Morgan fingerprint density at radius 1 is 0.756 bits per heavy atom. The fourth-order valence-corrected chi connectivity index (χ4v) is 4.83. The second-order valence-electron chi connectivity index (χ2n) is 9.19. The molecule has 6 rings (SSSR count). The number of carboxylic acids is 1. The number of hydrogen-bond donors (Lipinski definition) is 1. The normalized spacial score (nSPS) is 15.6. The molecule has 12 heteroatoms. The third kappa shape index (κ3) is 6.05. The number of hydrogen-bond acceptors (Lipinski definition) is 9. The largest absolute Gasteiger partial charge is 0.478 e. The van der Waals surface area contributed by atoms with Crippen molar-refractivity contribution in [2.24, 2.45) is 0 Å². The van der Waals surface area contributed by atoms with E-state index < -0.39 is 24.5 Å². The number of esters is 1. The number of carbonyl (C=O) groups is 2. The summed E-state index contributed by atoms with van der Waals surface area (Å²) in [4.78, 5) is 47.5. The SMILES string of the molecule is COC(=O)c1cc(=O)n(CC2OCCO2)c2ccccc12.O=C(O)c1cc(=O)n(CC2OCCO2)c2ccccc12. The second kappa shape index (κ2) is 12.4. The molecule has 4 aromatic rings. The van der Waals surface area contributed by atoms with Crippen molar-refractivity contribution >= 4 is 33.7 Å². The van der Waals surface area contributed by atoms with E-state index in [4.69, 9.17) is 23.7 Å². The van der Waals surface area contributed by atoms with Crippen molar-refractivity contribution in [1.29, 1.82) is 0 Å². The number of carbonyl (C=O) groups excluding carboxylic acids is 1. The number of carboxylic acid groups (broad SMARTS) is 1. The highest BCUT2D eigenvalue weighted by atomic mass is 16.7. The van der Waals surface area contributed by atoms with Gasteiger partial charge in [-0.1, -0.05) is 36.4 Å². The quantitative estimate of drug-likeness (QED) is 0.346. The van der Waals surface area contributed by atoms with Crippen LogP contribution in [0, 0.1) is 0 Å². The van der Waals surface area contributed by atoms with E-state index in [2.05, 4.69) is 0 Å². The molecule has 2 aromatic carbocycles. The number of rotatable bonds is 6. The number of aromatic carboxylic acids is 1. The lowest BCUT2D eigenvalue weighted by Gasteiger charge is -2.15. The molecule has 2 aliphatic heterocycles. The maximum absolute atomic E-state index is 12.3. The summed E-state index contributed by atoms with van der Waals surface area (Å²) in [5.74, 6) is -1.64. The Balaban J connectivity index is 0.000000165. The molecule has 0 spiro atoms. The van der Waals surface area contributed by atoms with Gasteiger partial charge in [-0.05, 0) is 12.1 Å². The molecule has 41 heavy (non-hydrogen) atoms. The van der Waals surface area contributed by atoms with Crippen LogP contribution >= 0.6 is 0 Å². The summed E-state index contributed by atoms with van der Waals surface area (Å²) in [5.41, 5.74) is 0.840. The zero-order valence-corrected chi connectivity index (χ0v) is 22.2. The Morgan fingerprint density at radius 3 is 1.61 bits per heavy atom. The highest BCUT2D eigenvalue weighted by molar-refractivity contribution is 6.03. The predicted octanol–water partition coefficient (Wildman–Crippen LogP) is 2.23. The number of para-hydroxylation sites is 2. The van der Waals surface area contributed by atoms with E-state index in [9.17, 15) is 24.3 Å². The van der Waals surface area contributed by atoms with Gasteiger partial charge >= 0.3 is 11.9 Å². The molecule has 2 aliphatic rings. The first-order valence-corrected chi connectivity index (χ1v) is 12.9. The first kappa shape index (κ1) is 28.2. The molecule has 0 saturated carbocycles. The van der Waals surface area contributed by atoms with Crippen LogP contribution in [0.25, 0.3) is 21.8 Å². The van der Waals surface area contributed by atoms with Gasteiger partial charge in [0.25, 0.3) is 11.1 Å². The number of benzene rings is 2. The van der Waals surface area contributed by atoms with Crippen molar-refractivity contribution in [3.8, 4) is 0 Å². The van der Waals surface area contributed by atoms with Crippen LogP contribution in [0.3, 0.4) is 0 Å². The molecule has 214 valence electrons. The molecular formula is C29H28N2O10. The summed E-state index contributed by atoms with van der Waals surface area (Å²) in [6.07, 6.45) is -0.901. The highest BCUT2D eigenvalue weighted by Gasteiger charge is 2.22. The zero-order chi connectivity index (χ0) is 28.9. The maximum Gasteiger partial charge on any atom is 0.338 e. The van der Waals surface area contributed by atoms with Gasteiger partial charge in [0.2, 0.25) is 0 Å². The minimum atomic E-state index is -1.11. The Labute approximate surface area is 233 Å². The van der Waals surface area contributed by atoms with Crippen LogP contribution in [0.15, 0.2) is 70.3 Å². The van der Waals surface area contributed by atoms with Crippen molar-refractivity contribution < 1.29 is 38.4 Å². The van der Waals surface area contributed by atoms with Crippen molar-refractivity contribution in [1.82, 2.24) is 9.13 Å². The Hall–Kier alpha value is -4.36. The van der Waals surface area contributed by atoms with E-state index in [1.807, 2.05) is 12.1 Å². The third-order valence-electron chi connectivity index (χ3n) is 6.72. The molecule has 0 atom stereocenters. The fourth-order valence-electron chi connectivity index (χ4n) is 4.83. The van der Waals surface area contributed by atoms with Gasteiger partial charge < -0.3 is 37.9 Å². The maximum atomic E-state index is 12.3. The molecule has 0 aliphatic carbocycles. The predicted molar refractivity (Wildman–Crippen MR) is 146 cm³/mol. The molecule has 2 saturated heterocycles. The van der Waals surface area contributed by atoms with Crippen molar-refractivity contribution in [2.45, 2.75) is 25.7 Å². The smallest absolute Gasteiger partial charge is 0.338 e. The lowest BCUT2D eigenvalue weighted by molar-refractivity contribution is -0.0525. The van der Waals surface area contributed by atoms with Gasteiger partial charge in [0.05, 0.1) is 68.8 Å². The number of nitrogens with zero attached hydrogens (tertiary/aromatic N) is 2. The first-order valence-electron chi connectivity index (χ1n) is 12.9. The van der Waals surface area contributed by atoms with Gasteiger partial charge in [0.1, 0.15) is 0 Å².